The predicted molar refractivity (Wildman–Crippen MR) is 74.2 cm³/mol. The third-order valence-electron chi connectivity index (χ3n) is 2.98. The van der Waals surface area contributed by atoms with E-state index in [1.54, 1.807) is 6.07 Å². The Hall–Kier alpha value is -0.0900. The number of halogens is 2. The largest absolute Gasteiger partial charge is 0.310 e. The van der Waals surface area contributed by atoms with Crippen molar-refractivity contribution < 1.29 is 4.21 Å². The minimum absolute atomic E-state index is 0.458. The maximum Gasteiger partial charge on any atom is 0.0465 e. The Labute approximate surface area is 114 Å². The SMILES string of the molecule is O=S1CCC(NCc2ccc(Cl)cc2Cl)CC1. The molecule has 1 aliphatic heterocycles. The number of rotatable bonds is 3. The molecule has 1 aromatic carbocycles. The van der Waals surface area contributed by atoms with Gasteiger partial charge in [0.1, 0.15) is 0 Å². The highest BCUT2D eigenvalue weighted by Crippen LogP contribution is 2.21. The predicted octanol–water partition coefficient (Wildman–Crippen LogP) is 2.99. The van der Waals surface area contributed by atoms with Crippen LogP contribution in [0.3, 0.4) is 0 Å². The Bertz CT molecular complexity index is 415. The summed E-state index contributed by atoms with van der Waals surface area (Å²) in [5, 5.41) is 4.81. The average Bonchev–Trinajstić information content (AvgIpc) is 2.30. The summed E-state index contributed by atoms with van der Waals surface area (Å²) in [6, 6.07) is 6.01. The van der Waals surface area contributed by atoms with E-state index in [9.17, 15) is 4.21 Å². The Morgan fingerprint density at radius 3 is 2.65 bits per heavy atom. The molecule has 0 aromatic heterocycles. The van der Waals surface area contributed by atoms with Crippen molar-refractivity contribution in [2.45, 2.75) is 25.4 Å². The van der Waals surface area contributed by atoms with Gasteiger partial charge in [-0.05, 0) is 30.5 Å². The van der Waals surface area contributed by atoms with Crippen molar-refractivity contribution >= 4 is 34.0 Å². The van der Waals surface area contributed by atoms with E-state index in [0.29, 0.717) is 16.1 Å². The quantitative estimate of drug-likeness (QED) is 0.928. The van der Waals surface area contributed by atoms with Crippen LogP contribution < -0.4 is 5.32 Å². The highest BCUT2D eigenvalue weighted by molar-refractivity contribution is 7.85. The monoisotopic (exact) mass is 291 g/mol. The molecule has 1 saturated heterocycles. The molecule has 0 amide bonds. The van der Waals surface area contributed by atoms with Gasteiger partial charge < -0.3 is 5.32 Å². The van der Waals surface area contributed by atoms with Gasteiger partial charge in [-0.3, -0.25) is 4.21 Å². The van der Waals surface area contributed by atoms with Gasteiger partial charge in [0.2, 0.25) is 0 Å². The molecular weight excluding hydrogens is 277 g/mol. The second-order valence-electron chi connectivity index (χ2n) is 4.24. The zero-order chi connectivity index (χ0) is 12.3. The van der Waals surface area contributed by atoms with E-state index in [1.165, 1.54) is 0 Å². The third-order valence-corrected chi connectivity index (χ3v) is 4.95. The highest BCUT2D eigenvalue weighted by Gasteiger charge is 2.17. The van der Waals surface area contributed by atoms with Gasteiger partial charge in [-0.15, -0.1) is 0 Å². The van der Waals surface area contributed by atoms with Gasteiger partial charge in [0.15, 0.2) is 0 Å². The third kappa shape index (κ3) is 3.95. The lowest BCUT2D eigenvalue weighted by Crippen LogP contribution is -2.35. The second kappa shape index (κ2) is 6.19. The number of benzene rings is 1. The first kappa shape index (κ1) is 13.3. The van der Waals surface area contributed by atoms with Gasteiger partial charge in [-0.25, -0.2) is 0 Å². The van der Waals surface area contributed by atoms with Crippen LogP contribution >= 0.6 is 23.2 Å². The Kier molecular flexibility index (Phi) is 4.86. The standard InChI is InChI=1S/C12H15Cl2NOS/c13-10-2-1-9(12(14)7-10)8-15-11-3-5-17(16)6-4-11/h1-2,7,11,15H,3-6,8H2. The van der Waals surface area contributed by atoms with E-state index in [2.05, 4.69) is 5.32 Å². The molecule has 5 heteroatoms. The molecule has 1 heterocycles. The van der Waals surface area contributed by atoms with Gasteiger partial charge in [0, 0.05) is 44.9 Å². The highest BCUT2D eigenvalue weighted by atomic mass is 35.5. The van der Waals surface area contributed by atoms with Gasteiger partial charge in [0.25, 0.3) is 0 Å². The van der Waals surface area contributed by atoms with Gasteiger partial charge in [-0.1, -0.05) is 29.3 Å². The normalized spacial score (nSPS) is 24.8. The van der Waals surface area contributed by atoms with Gasteiger partial charge in [0.05, 0.1) is 0 Å². The van der Waals surface area contributed by atoms with Crippen LogP contribution in [0.1, 0.15) is 18.4 Å². The van der Waals surface area contributed by atoms with Crippen LogP contribution in [0.5, 0.6) is 0 Å². The molecule has 94 valence electrons. The Morgan fingerprint density at radius 2 is 2.00 bits per heavy atom. The van der Waals surface area contributed by atoms with E-state index in [4.69, 9.17) is 23.2 Å². The van der Waals surface area contributed by atoms with Crippen LogP contribution in [-0.4, -0.2) is 21.8 Å². The van der Waals surface area contributed by atoms with Crippen molar-refractivity contribution in [3.63, 3.8) is 0 Å². The molecule has 2 rings (SSSR count). The molecule has 2 nitrogen and oxygen atoms in total. The lowest BCUT2D eigenvalue weighted by molar-refractivity contribution is 0.475. The summed E-state index contributed by atoms with van der Waals surface area (Å²) in [5.74, 6) is 1.62. The minimum atomic E-state index is -0.600. The summed E-state index contributed by atoms with van der Waals surface area (Å²) in [6.07, 6.45) is 1.97. The van der Waals surface area contributed by atoms with Crippen LogP contribution in [0.25, 0.3) is 0 Å². The van der Waals surface area contributed by atoms with Crippen LogP contribution in [0, 0.1) is 0 Å². The van der Waals surface area contributed by atoms with E-state index in [0.717, 1.165) is 36.5 Å². The van der Waals surface area contributed by atoms with E-state index in [1.807, 2.05) is 12.1 Å². The molecule has 1 N–H and O–H groups in total. The van der Waals surface area contributed by atoms with E-state index < -0.39 is 10.8 Å². The zero-order valence-electron chi connectivity index (χ0n) is 9.42. The lowest BCUT2D eigenvalue weighted by Gasteiger charge is -2.22. The van der Waals surface area contributed by atoms with Gasteiger partial charge >= 0.3 is 0 Å². The lowest BCUT2D eigenvalue weighted by atomic mass is 10.1. The fourth-order valence-electron chi connectivity index (χ4n) is 1.92. The molecule has 0 atom stereocenters. The maximum atomic E-state index is 11.2. The molecule has 1 aliphatic rings. The minimum Gasteiger partial charge on any atom is -0.310 e. The zero-order valence-corrected chi connectivity index (χ0v) is 11.7. The summed E-state index contributed by atoms with van der Waals surface area (Å²) in [6.45, 7) is 0.743. The summed E-state index contributed by atoms with van der Waals surface area (Å²) in [4.78, 5) is 0. The number of hydrogen-bond acceptors (Lipinski definition) is 2. The summed E-state index contributed by atoms with van der Waals surface area (Å²) >= 11 is 11.9. The fraction of sp³-hybridized carbons (Fsp3) is 0.500. The molecule has 0 aliphatic carbocycles. The van der Waals surface area contributed by atoms with Crippen LogP contribution in [0.4, 0.5) is 0 Å². The van der Waals surface area contributed by atoms with Crippen molar-refractivity contribution in [1.82, 2.24) is 5.32 Å². The van der Waals surface area contributed by atoms with E-state index >= 15 is 0 Å². The maximum absolute atomic E-state index is 11.2. The van der Waals surface area contributed by atoms with Crippen LogP contribution in [0.2, 0.25) is 10.0 Å². The van der Waals surface area contributed by atoms with Crippen molar-refractivity contribution in [3.05, 3.63) is 33.8 Å². The average molecular weight is 292 g/mol. The van der Waals surface area contributed by atoms with E-state index in [-0.39, 0.29) is 0 Å². The van der Waals surface area contributed by atoms with Crippen molar-refractivity contribution in [2.75, 3.05) is 11.5 Å². The number of nitrogens with one attached hydrogen (secondary N) is 1. The van der Waals surface area contributed by atoms with Crippen molar-refractivity contribution in [3.8, 4) is 0 Å². The molecule has 0 spiro atoms. The number of hydrogen-bond donors (Lipinski definition) is 1. The first-order valence-electron chi connectivity index (χ1n) is 5.67. The first-order valence-corrected chi connectivity index (χ1v) is 7.92. The van der Waals surface area contributed by atoms with Gasteiger partial charge in [-0.2, -0.15) is 0 Å². The molecule has 0 unspecified atom stereocenters. The Balaban J connectivity index is 1.87. The second-order valence-corrected chi connectivity index (χ2v) is 6.78. The Morgan fingerprint density at radius 1 is 1.29 bits per heavy atom. The molecule has 17 heavy (non-hydrogen) atoms. The van der Waals surface area contributed by atoms with Crippen molar-refractivity contribution in [1.29, 1.82) is 0 Å². The van der Waals surface area contributed by atoms with Crippen molar-refractivity contribution in [2.24, 2.45) is 0 Å². The summed E-state index contributed by atoms with van der Waals surface area (Å²) in [5.41, 5.74) is 1.06. The molecule has 1 aromatic rings. The molecule has 0 radical (unpaired) electrons. The summed E-state index contributed by atoms with van der Waals surface area (Å²) in [7, 11) is -0.600. The van der Waals surface area contributed by atoms with Crippen LogP contribution in [-0.2, 0) is 17.3 Å². The first-order chi connectivity index (χ1) is 8.15. The molecule has 0 bridgehead atoms. The summed E-state index contributed by atoms with van der Waals surface area (Å²) < 4.78 is 11.2. The molecule has 1 fully saturated rings. The van der Waals surface area contributed by atoms with Crippen LogP contribution in [0.15, 0.2) is 18.2 Å². The fourth-order valence-corrected chi connectivity index (χ4v) is 3.69. The topological polar surface area (TPSA) is 29.1 Å². The molecule has 0 saturated carbocycles. The smallest absolute Gasteiger partial charge is 0.0465 e. The molecular formula is C12H15Cl2NOS.